The predicted octanol–water partition coefficient (Wildman–Crippen LogP) is 14.7. The molecule has 1 aromatic heterocycles. The van der Waals surface area contributed by atoms with Gasteiger partial charge in [0.05, 0.1) is 5.41 Å². The molecule has 0 fully saturated rings. The Morgan fingerprint density at radius 1 is 0.304 bits per heavy atom. The second-order valence-electron chi connectivity index (χ2n) is 15.5. The lowest BCUT2D eigenvalue weighted by atomic mass is 9.70. The molecule has 0 saturated carbocycles. The molecule has 2 aliphatic rings. The Balaban J connectivity index is 1.08. The van der Waals surface area contributed by atoms with Gasteiger partial charge in [0.2, 0.25) is 0 Å². The Morgan fingerprint density at radius 3 is 1.36 bits per heavy atom. The van der Waals surface area contributed by atoms with E-state index in [1.165, 1.54) is 98.9 Å². The smallest absolute Gasteiger partial charge is 0.136 e. The maximum atomic E-state index is 6.60. The van der Waals surface area contributed by atoms with Gasteiger partial charge in [-0.05, 0) is 123 Å². The molecule has 11 aromatic rings. The topological polar surface area (TPSA) is 13.1 Å². The summed E-state index contributed by atoms with van der Waals surface area (Å²) in [5, 5.41) is 9.73. The summed E-state index contributed by atoms with van der Waals surface area (Å²) in [6, 6.07) is 72.0. The maximum absolute atomic E-state index is 6.60. The highest BCUT2D eigenvalue weighted by Gasteiger charge is 2.51. The summed E-state index contributed by atoms with van der Waals surface area (Å²) in [6.07, 6.45) is 0. The van der Waals surface area contributed by atoms with E-state index in [1.54, 1.807) is 0 Å². The van der Waals surface area contributed by atoms with Crippen LogP contribution >= 0.6 is 0 Å². The normalized spacial score (nSPS) is 13.5. The van der Waals surface area contributed by atoms with Crippen molar-refractivity contribution in [3.63, 3.8) is 0 Å². The van der Waals surface area contributed by atoms with Crippen molar-refractivity contribution >= 4 is 54.3 Å². The lowest BCUT2D eigenvalue weighted by molar-refractivity contribution is 0.669. The quantitative estimate of drug-likeness (QED) is 0.163. The number of hydrogen-bond acceptors (Lipinski definition) is 1. The first kappa shape index (κ1) is 30.1. The van der Waals surface area contributed by atoms with E-state index in [9.17, 15) is 0 Å². The molecule has 56 heavy (non-hydrogen) atoms. The number of hydrogen-bond donors (Lipinski definition) is 0. The van der Waals surface area contributed by atoms with Crippen LogP contribution in [0, 0.1) is 0 Å². The minimum Gasteiger partial charge on any atom is -0.456 e. The monoisotopic (exact) mass is 708 g/mol. The molecule has 1 spiro atoms. The van der Waals surface area contributed by atoms with Gasteiger partial charge in [0, 0.05) is 10.8 Å². The van der Waals surface area contributed by atoms with Crippen molar-refractivity contribution in [3.05, 3.63) is 216 Å². The SMILES string of the molecule is c1ccc2c(c1)-c1ccccc1C21c2ccccc2-c2ccc(-c3c4ccccc4c(-c4ccc5c(c4)oc4ccc6ccccc6c45)c4ccccc34)cc21. The fourth-order valence-corrected chi connectivity index (χ4v) is 10.7. The number of furan rings is 1. The third kappa shape index (κ3) is 3.75. The van der Waals surface area contributed by atoms with Gasteiger partial charge in [0.1, 0.15) is 11.2 Å². The summed E-state index contributed by atoms with van der Waals surface area (Å²) < 4.78 is 6.60. The van der Waals surface area contributed by atoms with E-state index in [4.69, 9.17) is 4.42 Å². The van der Waals surface area contributed by atoms with Crippen LogP contribution in [0.1, 0.15) is 22.3 Å². The second kappa shape index (κ2) is 10.9. The van der Waals surface area contributed by atoms with Crippen LogP contribution < -0.4 is 0 Å². The van der Waals surface area contributed by atoms with Gasteiger partial charge in [-0.1, -0.05) is 170 Å². The minimum absolute atomic E-state index is 0.395. The Bertz CT molecular complexity index is 3370. The molecule has 0 radical (unpaired) electrons. The summed E-state index contributed by atoms with van der Waals surface area (Å²) in [7, 11) is 0. The fourth-order valence-electron chi connectivity index (χ4n) is 10.7. The van der Waals surface area contributed by atoms with E-state index < -0.39 is 5.41 Å². The van der Waals surface area contributed by atoms with Crippen LogP contribution in [-0.2, 0) is 5.41 Å². The molecule has 1 nitrogen and oxygen atoms in total. The van der Waals surface area contributed by atoms with Crippen molar-refractivity contribution in [2.75, 3.05) is 0 Å². The molecule has 10 aromatic carbocycles. The summed E-state index contributed by atoms with van der Waals surface area (Å²) in [4.78, 5) is 0. The highest BCUT2D eigenvalue weighted by molar-refractivity contribution is 6.23. The van der Waals surface area contributed by atoms with Gasteiger partial charge in [0.25, 0.3) is 0 Å². The van der Waals surface area contributed by atoms with Crippen molar-refractivity contribution in [2.24, 2.45) is 0 Å². The third-order valence-corrected chi connectivity index (χ3v) is 12.9. The largest absolute Gasteiger partial charge is 0.456 e. The summed E-state index contributed by atoms with van der Waals surface area (Å²) in [6.45, 7) is 0. The molecule has 13 rings (SSSR count). The lowest BCUT2D eigenvalue weighted by Crippen LogP contribution is -2.25. The van der Waals surface area contributed by atoms with Gasteiger partial charge in [-0.25, -0.2) is 0 Å². The van der Waals surface area contributed by atoms with Crippen LogP contribution in [0.25, 0.3) is 98.8 Å². The van der Waals surface area contributed by atoms with Crippen molar-refractivity contribution in [2.45, 2.75) is 5.41 Å². The lowest BCUT2D eigenvalue weighted by Gasteiger charge is -2.30. The Hall–Kier alpha value is -7.22. The minimum atomic E-state index is -0.395. The van der Waals surface area contributed by atoms with Crippen LogP contribution in [0.15, 0.2) is 199 Å². The summed E-state index contributed by atoms with van der Waals surface area (Å²) >= 11 is 0. The van der Waals surface area contributed by atoms with Crippen molar-refractivity contribution in [1.82, 2.24) is 0 Å². The average molecular weight is 709 g/mol. The van der Waals surface area contributed by atoms with Crippen molar-refractivity contribution in [1.29, 1.82) is 0 Å². The van der Waals surface area contributed by atoms with Gasteiger partial charge in [-0.2, -0.15) is 0 Å². The molecule has 0 bridgehead atoms. The second-order valence-corrected chi connectivity index (χ2v) is 15.5. The van der Waals surface area contributed by atoms with E-state index in [2.05, 4.69) is 194 Å². The van der Waals surface area contributed by atoms with E-state index in [-0.39, 0.29) is 0 Å². The number of fused-ring (bicyclic) bond motifs is 17. The Kier molecular flexibility index (Phi) is 5.89. The standard InChI is InChI=1S/C55H32O/c1-2-14-36-33(13-1)27-30-50-54(36)45-29-26-35(32-51(45)56-50)53-43-20-5-3-18-41(43)52(42-19-4-6-21-44(42)53)34-25-28-40-39-17-9-12-24-48(39)55(49(40)31-34)46-22-10-7-15-37(46)38-16-8-11-23-47(38)55/h1-32H. The molecule has 0 saturated heterocycles. The van der Waals surface area contributed by atoms with Crippen LogP contribution in [0.4, 0.5) is 0 Å². The molecule has 0 aliphatic heterocycles. The van der Waals surface area contributed by atoms with Crippen LogP contribution in [-0.4, -0.2) is 0 Å². The molecule has 0 N–H and O–H groups in total. The van der Waals surface area contributed by atoms with Crippen LogP contribution in [0.2, 0.25) is 0 Å². The molecule has 2 aliphatic carbocycles. The zero-order chi connectivity index (χ0) is 36.5. The summed E-state index contributed by atoms with van der Waals surface area (Å²) in [5.41, 5.74) is 17.1. The van der Waals surface area contributed by atoms with Gasteiger partial charge < -0.3 is 4.42 Å². The first-order chi connectivity index (χ1) is 27.8. The van der Waals surface area contributed by atoms with E-state index in [0.29, 0.717) is 0 Å². The zero-order valence-electron chi connectivity index (χ0n) is 30.4. The molecular formula is C55H32O. The number of rotatable bonds is 2. The predicted molar refractivity (Wildman–Crippen MR) is 233 cm³/mol. The third-order valence-electron chi connectivity index (χ3n) is 12.9. The van der Waals surface area contributed by atoms with Gasteiger partial charge in [-0.3, -0.25) is 0 Å². The fraction of sp³-hybridized carbons (Fsp3) is 0.0182. The van der Waals surface area contributed by atoms with Crippen molar-refractivity contribution < 1.29 is 4.42 Å². The van der Waals surface area contributed by atoms with Crippen LogP contribution in [0.5, 0.6) is 0 Å². The Morgan fingerprint density at radius 2 is 0.768 bits per heavy atom. The molecule has 0 atom stereocenters. The maximum Gasteiger partial charge on any atom is 0.136 e. The highest BCUT2D eigenvalue weighted by atomic mass is 16.3. The van der Waals surface area contributed by atoms with Crippen molar-refractivity contribution in [3.8, 4) is 44.5 Å². The Labute approximate surface area is 323 Å². The first-order valence-electron chi connectivity index (χ1n) is 19.5. The average Bonchev–Trinajstić information content (AvgIpc) is 3.89. The molecule has 1 heteroatoms. The molecule has 0 amide bonds. The van der Waals surface area contributed by atoms with Crippen LogP contribution in [0.3, 0.4) is 0 Å². The van der Waals surface area contributed by atoms with E-state index in [0.717, 1.165) is 22.1 Å². The zero-order valence-corrected chi connectivity index (χ0v) is 30.4. The van der Waals surface area contributed by atoms with E-state index >= 15 is 0 Å². The number of benzene rings is 10. The first-order valence-corrected chi connectivity index (χ1v) is 19.5. The van der Waals surface area contributed by atoms with Gasteiger partial charge >= 0.3 is 0 Å². The molecule has 258 valence electrons. The van der Waals surface area contributed by atoms with Gasteiger partial charge in [0.15, 0.2) is 0 Å². The van der Waals surface area contributed by atoms with E-state index in [1.807, 2.05) is 0 Å². The van der Waals surface area contributed by atoms with Gasteiger partial charge in [-0.15, -0.1) is 0 Å². The molecule has 1 heterocycles. The molecule has 0 unspecified atom stereocenters. The summed E-state index contributed by atoms with van der Waals surface area (Å²) in [5.74, 6) is 0. The highest BCUT2D eigenvalue weighted by Crippen LogP contribution is 2.63. The molecular weight excluding hydrogens is 677 g/mol.